The summed E-state index contributed by atoms with van der Waals surface area (Å²) < 4.78 is 6.60. The van der Waals surface area contributed by atoms with Crippen LogP contribution in [0.1, 0.15) is 13.3 Å². The van der Waals surface area contributed by atoms with E-state index in [1.807, 2.05) is 6.92 Å². The molecule has 1 heterocycles. The molecule has 1 rings (SSSR count). The van der Waals surface area contributed by atoms with Crippen molar-refractivity contribution in [1.29, 1.82) is 0 Å². The lowest BCUT2D eigenvalue weighted by molar-refractivity contribution is -0.121. The van der Waals surface area contributed by atoms with E-state index in [2.05, 4.69) is 5.32 Å². The van der Waals surface area contributed by atoms with Crippen LogP contribution >= 0.6 is 0 Å². The van der Waals surface area contributed by atoms with Crippen LogP contribution in [0.5, 0.6) is 5.75 Å². The van der Waals surface area contributed by atoms with Crippen molar-refractivity contribution in [3.8, 4) is 5.75 Å². The van der Waals surface area contributed by atoms with Crippen LogP contribution in [-0.4, -0.2) is 24.1 Å². The van der Waals surface area contributed by atoms with E-state index in [1.165, 1.54) is 11.6 Å². The molecule has 1 N–H and O–H groups in total. The van der Waals surface area contributed by atoms with Crippen LogP contribution in [0, 0.1) is 0 Å². The van der Waals surface area contributed by atoms with Crippen LogP contribution in [0.4, 0.5) is 0 Å². The molecule has 1 amide bonds. The van der Waals surface area contributed by atoms with Gasteiger partial charge in [-0.05, 0) is 18.6 Å². The zero-order valence-electron chi connectivity index (χ0n) is 9.53. The van der Waals surface area contributed by atoms with Gasteiger partial charge in [0.15, 0.2) is 5.75 Å². The van der Waals surface area contributed by atoms with Crippen molar-refractivity contribution in [1.82, 2.24) is 9.88 Å². The molecule has 0 fully saturated rings. The van der Waals surface area contributed by atoms with Gasteiger partial charge in [-0.3, -0.25) is 9.59 Å². The zero-order chi connectivity index (χ0) is 12.0. The number of ether oxygens (including phenoxy) is 1. The third kappa shape index (κ3) is 3.12. The number of carbonyl (C=O) groups excluding carboxylic acids is 1. The average molecular weight is 224 g/mol. The minimum Gasteiger partial charge on any atom is -0.488 e. The Bertz CT molecular complexity index is 412. The summed E-state index contributed by atoms with van der Waals surface area (Å²) in [5.74, 6) is 0.0722. The fraction of sp³-hybridized carbons (Fsp3) is 0.455. The smallest absolute Gasteiger partial charge is 0.293 e. The first-order chi connectivity index (χ1) is 7.69. The molecule has 0 aliphatic heterocycles. The zero-order valence-corrected chi connectivity index (χ0v) is 9.53. The molecule has 0 unspecified atom stereocenters. The fourth-order valence-corrected chi connectivity index (χ4v) is 1.19. The Morgan fingerprint density at radius 3 is 2.94 bits per heavy atom. The van der Waals surface area contributed by atoms with Gasteiger partial charge in [0, 0.05) is 13.2 Å². The molecule has 0 aromatic carbocycles. The molecule has 0 aliphatic rings. The quantitative estimate of drug-likeness (QED) is 0.786. The van der Waals surface area contributed by atoms with E-state index in [0.717, 1.165) is 6.42 Å². The van der Waals surface area contributed by atoms with Gasteiger partial charge in [0.05, 0.1) is 6.61 Å². The molecule has 0 aliphatic carbocycles. The first-order valence-corrected chi connectivity index (χ1v) is 5.22. The number of amides is 1. The predicted molar refractivity (Wildman–Crippen MR) is 60.6 cm³/mol. The van der Waals surface area contributed by atoms with E-state index >= 15 is 0 Å². The van der Waals surface area contributed by atoms with Gasteiger partial charge in [-0.25, -0.2) is 0 Å². The van der Waals surface area contributed by atoms with E-state index in [4.69, 9.17) is 4.74 Å². The van der Waals surface area contributed by atoms with Crippen molar-refractivity contribution in [2.45, 2.75) is 19.9 Å². The minimum absolute atomic E-state index is 0.0126. The number of rotatable bonds is 5. The highest BCUT2D eigenvalue weighted by Gasteiger charge is 2.06. The Kier molecular flexibility index (Phi) is 4.57. The first-order valence-electron chi connectivity index (χ1n) is 5.22. The van der Waals surface area contributed by atoms with Gasteiger partial charge in [0.1, 0.15) is 6.54 Å². The first kappa shape index (κ1) is 12.3. The van der Waals surface area contributed by atoms with Gasteiger partial charge in [-0.1, -0.05) is 6.92 Å². The number of likely N-dealkylation sites (N-methyl/N-ethyl adjacent to an activating group) is 1. The second kappa shape index (κ2) is 5.95. The summed E-state index contributed by atoms with van der Waals surface area (Å²) in [6.45, 7) is 2.48. The molecule has 0 bridgehead atoms. The molecule has 5 nitrogen and oxygen atoms in total. The molecule has 5 heteroatoms. The Hall–Kier alpha value is -1.78. The lowest BCUT2D eigenvalue weighted by Crippen LogP contribution is -2.30. The fourth-order valence-electron chi connectivity index (χ4n) is 1.19. The van der Waals surface area contributed by atoms with Crippen LogP contribution in [-0.2, 0) is 11.3 Å². The second-order valence-corrected chi connectivity index (χ2v) is 3.33. The molecule has 16 heavy (non-hydrogen) atoms. The maximum absolute atomic E-state index is 11.8. The average Bonchev–Trinajstić information content (AvgIpc) is 2.30. The van der Waals surface area contributed by atoms with Crippen molar-refractivity contribution < 1.29 is 9.53 Å². The Morgan fingerprint density at radius 1 is 1.56 bits per heavy atom. The van der Waals surface area contributed by atoms with Crippen LogP contribution in [0.15, 0.2) is 23.1 Å². The third-order valence-corrected chi connectivity index (χ3v) is 2.04. The molecule has 0 spiro atoms. The number of hydrogen-bond acceptors (Lipinski definition) is 3. The molecule has 1 aromatic rings. The van der Waals surface area contributed by atoms with Crippen LogP contribution < -0.4 is 15.6 Å². The molecule has 0 atom stereocenters. The van der Waals surface area contributed by atoms with Crippen molar-refractivity contribution in [2.24, 2.45) is 0 Å². The molecule has 1 aromatic heterocycles. The van der Waals surface area contributed by atoms with Gasteiger partial charge in [0.2, 0.25) is 5.91 Å². The maximum Gasteiger partial charge on any atom is 0.293 e. The highest BCUT2D eigenvalue weighted by Crippen LogP contribution is 2.02. The second-order valence-electron chi connectivity index (χ2n) is 3.33. The summed E-state index contributed by atoms with van der Waals surface area (Å²) in [5, 5.41) is 2.46. The number of hydrogen-bond donors (Lipinski definition) is 1. The summed E-state index contributed by atoms with van der Waals surface area (Å²) >= 11 is 0. The number of pyridine rings is 1. The van der Waals surface area contributed by atoms with Crippen molar-refractivity contribution >= 4 is 5.91 Å². The van der Waals surface area contributed by atoms with Crippen molar-refractivity contribution in [2.75, 3.05) is 13.7 Å². The van der Waals surface area contributed by atoms with E-state index in [9.17, 15) is 9.59 Å². The normalized spacial score (nSPS) is 9.88. The Morgan fingerprint density at radius 2 is 2.31 bits per heavy atom. The van der Waals surface area contributed by atoms with Gasteiger partial charge in [0.25, 0.3) is 5.56 Å². The highest BCUT2D eigenvalue weighted by molar-refractivity contribution is 5.75. The predicted octanol–water partition coefficient (Wildman–Crippen LogP) is 0.383. The number of aromatic nitrogens is 1. The number of nitrogens with one attached hydrogen (secondary N) is 1. The minimum atomic E-state index is -0.278. The van der Waals surface area contributed by atoms with Crippen LogP contribution in [0.3, 0.4) is 0 Å². The lowest BCUT2D eigenvalue weighted by atomic mass is 10.4. The van der Waals surface area contributed by atoms with Gasteiger partial charge < -0.3 is 14.6 Å². The van der Waals surface area contributed by atoms with Gasteiger partial charge in [-0.2, -0.15) is 0 Å². The maximum atomic E-state index is 11.8. The Balaban J connectivity index is 2.86. The van der Waals surface area contributed by atoms with E-state index in [1.54, 1.807) is 18.3 Å². The van der Waals surface area contributed by atoms with Gasteiger partial charge >= 0.3 is 0 Å². The third-order valence-electron chi connectivity index (χ3n) is 2.04. The highest BCUT2D eigenvalue weighted by atomic mass is 16.5. The monoisotopic (exact) mass is 224 g/mol. The van der Waals surface area contributed by atoms with Crippen LogP contribution in [0.2, 0.25) is 0 Å². The van der Waals surface area contributed by atoms with Crippen molar-refractivity contribution in [3.05, 3.63) is 28.7 Å². The topological polar surface area (TPSA) is 60.3 Å². The number of carbonyl (C=O) groups is 1. The SMILES string of the molecule is CCCOc1cccn(CC(=O)NC)c1=O. The van der Waals surface area contributed by atoms with E-state index < -0.39 is 0 Å². The molecule has 0 saturated carbocycles. The summed E-state index contributed by atoms with van der Waals surface area (Å²) in [6.07, 6.45) is 2.40. The molecular weight excluding hydrogens is 208 g/mol. The summed E-state index contributed by atoms with van der Waals surface area (Å²) in [7, 11) is 1.53. The molecule has 0 radical (unpaired) electrons. The van der Waals surface area contributed by atoms with E-state index in [-0.39, 0.29) is 23.8 Å². The Labute approximate surface area is 94.0 Å². The standard InChI is InChI=1S/C11H16N2O3/c1-3-7-16-9-5-4-6-13(11(9)15)8-10(14)12-2/h4-6H,3,7-8H2,1-2H3,(H,12,14). The van der Waals surface area contributed by atoms with Crippen molar-refractivity contribution in [3.63, 3.8) is 0 Å². The number of nitrogens with zero attached hydrogens (tertiary/aromatic N) is 1. The summed E-state index contributed by atoms with van der Waals surface area (Å²) in [6, 6.07) is 3.30. The molecule has 0 saturated heterocycles. The van der Waals surface area contributed by atoms with Crippen LogP contribution in [0.25, 0.3) is 0 Å². The molecular formula is C11H16N2O3. The summed E-state index contributed by atoms with van der Waals surface area (Å²) in [5.41, 5.74) is -0.278. The lowest BCUT2D eigenvalue weighted by Gasteiger charge is -2.07. The largest absolute Gasteiger partial charge is 0.488 e. The summed E-state index contributed by atoms with van der Waals surface area (Å²) in [4.78, 5) is 22.9. The van der Waals surface area contributed by atoms with E-state index in [0.29, 0.717) is 6.61 Å². The molecule has 88 valence electrons. The van der Waals surface area contributed by atoms with Gasteiger partial charge in [-0.15, -0.1) is 0 Å².